The fourth-order valence-electron chi connectivity index (χ4n) is 1.82. The first kappa shape index (κ1) is 15.6. The summed E-state index contributed by atoms with van der Waals surface area (Å²) >= 11 is 5.93. The zero-order chi connectivity index (χ0) is 15.5. The third-order valence-corrected chi connectivity index (χ3v) is 3.16. The largest absolute Gasteiger partial charge is 0.396 e. The van der Waals surface area contributed by atoms with E-state index in [1.54, 1.807) is 0 Å². The van der Waals surface area contributed by atoms with Gasteiger partial charge < -0.3 is 10.4 Å². The van der Waals surface area contributed by atoms with Gasteiger partial charge in [-0.05, 0) is 23.4 Å². The van der Waals surface area contributed by atoms with Crippen molar-refractivity contribution in [2.45, 2.75) is 33.2 Å². The van der Waals surface area contributed by atoms with Crippen LogP contribution >= 0.6 is 11.6 Å². The van der Waals surface area contributed by atoms with Gasteiger partial charge in [-0.3, -0.25) is 0 Å². The van der Waals surface area contributed by atoms with Crippen LogP contribution < -0.4 is 5.32 Å². The van der Waals surface area contributed by atoms with Crippen LogP contribution in [0.25, 0.3) is 5.95 Å². The molecule has 8 nitrogen and oxygen atoms in total. The summed E-state index contributed by atoms with van der Waals surface area (Å²) in [5.74, 6) is 0.625. The smallest absolute Gasteiger partial charge is 0.258 e. The predicted octanol–water partition coefficient (Wildman–Crippen LogP) is 1.31. The maximum Gasteiger partial charge on any atom is 0.258 e. The van der Waals surface area contributed by atoms with Crippen molar-refractivity contribution in [1.82, 2.24) is 29.7 Å². The van der Waals surface area contributed by atoms with Gasteiger partial charge in [-0.15, -0.1) is 0 Å². The van der Waals surface area contributed by atoms with Crippen LogP contribution in [0.1, 0.15) is 27.2 Å². The number of rotatable bonds is 5. The number of halogens is 1. The Hall–Kier alpha value is -1.80. The van der Waals surface area contributed by atoms with Crippen molar-refractivity contribution in [2.24, 2.45) is 5.41 Å². The van der Waals surface area contributed by atoms with E-state index in [9.17, 15) is 5.11 Å². The Bertz CT molecular complexity index is 582. The lowest BCUT2D eigenvalue weighted by Gasteiger charge is -2.31. The van der Waals surface area contributed by atoms with E-state index in [4.69, 9.17) is 11.6 Å². The van der Waals surface area contributed by atoms with E-state index in [2.05, 4.69) is 51.1 Å². The summed E-state index contributed by atoms with van der Waals surface area (Å²) in [5, 5.41) is 16.4. The van der Waals surface area contributed by atoms with E-state index in [0.29, 0.717) is 12.4 Å². The van der Waals surface area contributed by atoms with Gasteiger partial charge in [-0.1, -0.05) is 20.8 Å². The molecular formula is C12H18ClN7O. The molecule has 0 saturated carbocycles. The highest BCUT2D eigenvalue weighted by Gasteiger charge is 2.25. The molecule has 2 aromatic rings. The first-order valence-corrected chi connectivity index (χ1v) is 6.92. The average molecular weight is 312 g/mol. The lowest BCUT2D eigenvalue weighted by atomic mass is 9.85. The molecule has 2 rings (SSSR count). The molecule has 9 heteroatoms. The highest BCUT2D eigenvalue weighted by Crippen LogP contribution is 2.24. The van der Waals surface area contributed by atoms with Crippen molar-refractivity contribution in [1.29, 1.82) is 0 Å². The number of aliphatic hydroxyl groups excluding tert-OH is 1. The van der Waals surface area contributed by atoms with Crippen LogP contribution in [0.4, 0.5) is 5.95 Å². The summed E-state index contributed by atoms with van der Waals surface area (Å²) < 4.78 is 1.40. The topological polar surface area (TPSA) is 102 Å². The summed E-state index contributed by atoms with van der Waals surface area (Å²) in [6.07, 6.45) is 3.43. The van der Waals surface area contributed by atoms with E-state index in [0.717, 1.165) is 0 Å². The molecule has 0 aliphatic carbocycles. The Morgan fingerprint density at radius 3 is 2.67 bits per heavy atom. The lowest BCUT2D eigenvalue weighted by molar-refractivity contribution is 0.235. The van der Waals surface area contributed by atoms with Gasteiger partial charge in [-0.25, -0.2) is 4.98 Å². The molecule has 0 aromatic carbocycles. The Morgan fingerprint density at radius 2 is 2.10 bits per heavy atom. The monoisotopic (exact) mass is 311 g/mol. The fraction of sp³-hybridized carbons (Fsp3) is 0.583. The fourth-order valence-corrected chi connectivity index (χ4v) is 1.98. The van der Waals surface area contributed by atoms with Crippen molar-refractivity contribution < 1.29 is 5.11 Å². The summed E-state index contributed by atoms with van der Waals surface area (Å²) in [4.78, 5) is 16.2. The Morgan fingerprint density at radius 1 is 1.33 bits per heavy atom. The summed E-state index contributed by atoms with van der Waals surface area (Å²) in [6.45, 7) is 6.29. The molecule has 0 aliphatic heterocycles. The molecule has 0 spiro atoms. The third kappa shape index (κ3) is 4.08. The first-order valence-electron chi connectivity index (χ1n) is 6.54. The summed E-state index contributed by atoms with van der Waals surface area (Å²) in [7, 11) is 0. The normalized spacial score (nSPS) is 13.2. The number of hydrogen-bond acceptors (Lipinski definition) is 7. The second-order valence-electron chi connectivity index (χ2n) is 5.64. The maximum absolute atomic E-state index is 9.20. The van der Waals surface area contributed by atoms with Crippen LogP contribution in [-0.2, 0) is 0 Å². The van der Waals surface area contributed by atoms with Crippen molar-refractivity contribution in [3.8, 4) is 5.95 Å². The van der Waals surface area contributed by atoms with E-state index >= 15 is 0 Å². The van der Waals surface area contributed by atoms with Crippen LogP contribution in [0.2, 0.25) is 5.28 Å². The molecular weight excluding hydrogens is 294 g/mol. The summed E-state index contributed by atoms with van der Waals surface area (Å²) in [5.41, 5.74) is -0.0742. The standard InChI is InChI=1S/C12H18ClN7O/c1-12(2,3)8(4-5-21)16-10-17-9(13)18-11(19-10)20-7-14-6-15-20/h6-8,21H,4-5H2,1-3H3,(H,16,17,18,19). The van der Waals surface area contributed by atoms with Crippen LogP contribution in [0.15, 0.2) is 12.7 Å². The number of nitrogens with zero attached hydrogens (tertiary/aromatic N) is 6. The molecule has 114 valence electrons. The first-order chi connectivity index (χ1) is 9.90. The van der Waals surface area contributed by atoms with E-state index in [1.807, 2.05) is 0 Å². The van der Waals surface area contributed by atoms with Crippen molar-refractivity contribution in [2.75, 3.05) is 11.9 Å². The van der Waals surface area contributed by atoms with E-state index in [-0.39, 0.29) is 29.3 Å². The molecule has 1 atom stereocenters. The Balaban J connectivity index is 2.27. The molecule has 0 fully saturated rings. The van der Waals surface area contributed by atoms with Gasteiger partial charge in [0.05, 0.1) is 0 Å². The molecule has 2 N–H and O–H groups in total. The van der Waals surface area contributed by atoms with Crippen molar-refractivity contribution in [3.63, 3.8) is 0 Å². The molecule has 0 saturated heterocycles. The van der Waals surface area contributed by atoms with Gasteiger partial charge in [0.15, 0.2) is 0 Å². The molecule has 2 aromatic heterocycles. The van der Waals surface area contributed by atoms with Crippen molar-refractivity contribution in [3.05, 3.63) is 17.9 Å². The van der Waals surface area contributed by atoms with Gasteiger partial charge in [0.2, 0.25) is 11.2 Å². The number of hydrogen-bond donors (Lipinski definition) is 2. The lowest BCUT2D eigenvalue weighted by Crippen LogP contribution is -2.35. The second kappa shape index (κ2) is 6.31. The Labute approximate surface area is 127 Å². The number of aliphatic hydroxyl groups is 1. The predicted molar refractivity (Wildman–Crippen MR) is 78.3 cm³/mol. The van der Waals surface area contributed by atoms with Gasteiger partial charge >= 0.3 is 0 Å². The van der Waals surface area contributed by atoms with Gasteiger partial charge in [0, 0.05) is 12.6 Å². The molecule has 0 bridgehead atoms. The Kier molecular flexibility index (Phi) is 4.69. The van der Waals surface area contributed by atoms with Gasteiger partial charge in [0.1, 0.15) is 12.7 Å². The van der Waals surface area contributed by atoms with Crippen LogP contribution in [0, 0.1) is 5.41 Å². The molecule has 2 heterocycles. The van der Waals surface area contributed by atoms with E-state index in [1.165, 1.54) is 17.3 Å². The minimum Gasteiger partial charge on any atom is -0.396 e. The summed E-state index contributed by atoms with van der Waals surface area (Å²) in [6, 6.07) is -0.00966. The van der Waals surface area contributed by atoms with Crippen LogP contribution in [0.3, 0.4) is 0 Å². The van der Waals surface area contributed by atoms with Crippen molar-refractivity contribution >= 4 is 17.5 Å². The van der Waals surface area contributed by atoms with Gasteiger partial charge in [-0.2, -0.15) is 24.7 Å². The highest BCUT2D eigenvalue weighted by atomic mass is 35.5. The number of anilines is 1. The molecule has 0 radical (unpaired) electrons. The zero-order valence-corrected chi connectivity index (χ0v) is 12.9. The minimum atomic E-state index is -0.0742. The maximum atomic E-state index is 9.20. The molecule has 1 unspecified atom stereocenters. The minimum absolute atomic E-state index is 0.00966. The van der Waals surface area contributed by atoms with Gasteiger partial charge in [0.25, 0.3) is 5.95 Å². The second-order valence-corrected chi connectivity index (χ2v) is 5.98. The number of aromatic nitrogens is 6. The third-order valence-electron chi connectivity index (χ3n) is 2.99. The number of nitrogens with one attached hydrogen (secondary N) is 1. The highest BCUT2D eigenvalue weighted by molar-refractivity contribution is 6.28. The average Bonchev–Trinajstić information content (AvgIpc) is 2.90. The molecule has 0 aliphatic rings. The van der Waals surface area contributed by atoms with Crippen LogP contribution in [0.5, 0.6) is 0 Å². The van der Waals surface area contributed by atoms with Crippen LogP contribution in [-0.4, -0.2) is 47.5 Å². The zero-order valence-electron chi connectivity index (χ0n) is 12.2. The molecule has 0 amide bonds. The quantitative estimate of drug-likeness (QED) is 0.858. The SMILES string of the molecule is CC(C)(C)C(CCO)Nc1nc(Cl)nc(-n2cncn2)n1. The van der Waals surface area contributed by atoms with E-state index < -0.39 is 0 Å². The molecule has 21 heavy (non-hydrogen) atoms.